The molecule has 0 aliphatic rings. The molecule has 3 aromatic rings. The fourth-order valence-electron chi connectivity index (χ4n) is 1.76. The Morgan fingerprint density at radius 3 is 3.05 bits per heavy atom. The molecule has 3 N–H and O–H groups in total. The van der Waals surface area contributed by atoms with Gasteiger partial charge in [-0.15, -0.1) is 5.10 Å². The van der Waals surface area contributed by atoms with Crippen LogP contribution in [0.25, 0.3) is 17.3 Å². The highest BCUT2D eigenvalue weighted by molar-refractivity contribution is 5.49. The van der Waals surface area contributed by atoms with Gasteiger partial charge >= 0.3 is 0 Å². The summed E-state index contributed by atoms with van der Waals surface area (Å²) in [6, 6.07) is 1.43. The molecule has 0 fully saturated rings. The predicted octanol–water partition coefficient (Wildman–Crippen LogP) is -1.06. The zero-order valence-corrected chi connectivity index (χ0v) is 10.2. The number of nitrogens with one attached hydrogen (secondary N) is 1. The van der Waals surface area contributed by atoms with E-state index in [-0.39, 0.29) is 5.56 Å². The average Bonchev–Trinajstić information content (AvgIpc) is 2.95. The summed E-state index contributed by atoms with van der Waals surface area (Å²) >= 11 is 0. The number of aromatic nitrogens is 7. The van der Waals surface area contributed by atoms with E-state index in [4.69, 9.17) is 5.73 Å². The van der Waals surface area contributed by atoms with Gasteiger partial charge in [0.1, 0.15) is 5.69 Å². The first kappa shape index (κ1) is 11.5. The molecule has 0 aliphatic carbocycles. The number of nitrogens with two attached hydrogens (primary N) is 1. The Hall–Kier alpha value is -2.55. The normalized spacial score (nSPS) is 11.3. The Morgan fingerprint density at radius 2 is 2.26 bits per heavy atom. The molecule has 9 nitrogen and oxygen atoms in total. The topological polar surface area (TPSA) is 120 Å². The van der Waals surface area contributed by atoms with Crippen molar-refractivity contribution in [2.75, 3.05) is 6.54 Å². The van der Waals surface area contributed by atoms with Gasteiger partial charge < -0.3 is 5.73 Å². The molecule has 0 aromatic carbocycles. The number of aromatic amines is 1. The molecule has 0 bridgehead atoms. The number of hydrogen-bond acceptors (Lipinski definition) is 6. The van der Waals surface area contributed by atoms with Crippen LogP contribution in [0.15, 0.2) is 17.1 Å². The Morgan fingerprint density at radius 1 is 1.42 bits per heavy atom. The lowest BCUT2D eigenvalue weighted by Gasteiger charge is -1.92. The lowest BCUT2D eigenvalue weighted by Crippen LogP contribution is -2.14. The number of fused-ring (bicyclic) bond motifs is 1. The van der Waals surface area contributed by atoms with Gasteiger partial charge in [0.05, 0.1) is 12.7 Å². The molecule has 9 heteroatoms. The van der Waals surface area contributed by atoms with Crippen molar-refractivity contribution in [2.24, 2.45) is 5.73 Å². The summed E-state index contributed by atoms with van der Waals surface area (Å²) in [6.07, 6.45) is 1.71. The van der Waals surface area contributed by atoms with E-state index in [1.807, 2.05) is 0 Å². The van der Waals surface area contributed by atoms with E-state index in [0.29, 0.717) is 36.1 Å². The Bertz CT molecular complexity index is 782. The third kappa shape index (κ3) is 1.99. The summed E-state index contributed by atoms with van der Waals surface area (Å²) in [5, 5.41) is 10.7. The van der Waals surface area contributed by atoms with Crippen LogP contribution in [0.5, 0.6) is 0 Å². The molecule has 0 saturated heterocycles. The van der Waals surface area contributed by atoms with Gasteiger partial charge in [0, 0.05) is 18.3 Å². The molecule has 98 valence electrons. The van der Waals surface area contributed by atoms with Gasteiger partial charge in [-0.05, 0) is 6.92 Å². The van der Waals surface area contributed by atoms with E-state index in [0.717, 1.165) is 0 Å². The predicted molar refractivity (Wildman–Crippen MR) is 66.4 cm³/mol. The molecule has 0 unspecified atom stereocenters. The van der Waals surface area contributed by atoms with Crippen molar-refractivity contribution in [3.63, 3.8) is 0 Å². The summed E-state index contributed by atoms with van der Waals surface area (Å²) in [5.74, 6) is 0.756. The van der Waals surface area contributed by atoms with Crippen LogP contribution in [0.4, 0.5) is 0 Å². The van der Waals surface area contributed by atoms with Gasteiger partial charge in [-0.3, -0.25) is 14.6 Å². The second-order valence-corrected chi connectivity index (χ2v) is 4.10. The summed E-state index contributed by atoms with van der Waals surface area (Å²) in [4.78, 5) is 20.1. The average molecular weight is 260 g/mol. The fourth-order valence-corrected chi connectivity index (χ4v) is 1.76. The molecule has 19 heavy (non-hydrogen) atoms. The van der Waals surface area contributed by atoms with Crippen LogP contribution in [0.2, 0.25) is 0 Å². The first-order valence-corrected chi connectivity index (χ1v) is 5.74. The minimum absolute atomic E-state index is 0.212. The molecular formula is C10H12N8O. The van der Waals surface area contributed by atoms with Crippen molar-refractivity contribution in [1.29, 1.82) is 0 Å². The van der Waals surface area contributed by atoms with Crippen molar-refractivity contribution >= 4 is 5.78 Å². The van der Waals surface area contributed by atoms with Crippen molar-refractivity contribution < 1.29 is 0 Å². The zero-order valence-electron chi connectivity index (χ0n) is 10.2. The van der Waals surface area contributed by atoms with Crippen molar-refractivity contribution in [3.8, 4) is 11.5 Å². The molecule has 3 heterocycles. The van der Waals surface area contributed by atoms with Crippen LogP contribution in [-0.4, -0.2) is 41.1 Å². The Labute approximate surface area is 107 Å². The van der Waals surface area contributed by atoms with Crippen LogP contribution in [0.1, 0.15) is 5.69 Å². The second-order valence-electron chi connectivity index (χ2n) is 4.10. The Kier molecular flexibility index (Phi) is 2.60. The SMILES string of the molecule is Cc1cc(=O)n2[nH]c(-c3cn(CCN)nn3)nc2n1. The van der Waals surface area contributed by atoms with E-state index in [9.17, 15) is 4.79 Å². The van der Waals surface area contributed by atoms with Crippen LogP contribution >= 0.6 is 0 Å². The fraction of sp³-hybridized carbons (Fsp3) is 0.300. The van der Waals surface area contributed by atoms with Crippen LogP contribution in [0, 0.1) is 6.92 Å². The molecule has 0 aliphatic heterocycles. The molecule has 0 saturated carbocycles. The van der Waals surface area contributed by atoms with E-state index in [1.54, 1.807) is 17.8 Å². The number of hydrogen-bond donors (Lipinski definition) is 2. The van der Waals surface area contributed by atoms with Gasteiger partial charge in [0.15, 0.2) is 5.82 Å². The summed E-state index contributed by atoms with van der Waals surface area (Å²) in [6.45, 7) is 2.79. The first-order valence-electron chi connectivity index (χ1n) is 5.74. The summed E-state index contributed by atoms with van der Waals surface area (Å²) < 4.78 is 2.88. The first-order chi connectivity index (χ1) is 9.17. The van der Waals surface area contributed by atoms with Crippen molar-refractivity contribution in [3.05, 3.63) is 28.3 Å². The highest BCUT2D eigenvalue weighted by Crippen LogP contribution is 2.10. The quantitative estimate of drug-likeness (QED) is 0.619. The number of nitrogens with zero attached hydrogens (tertiary/aromatic N) is 6. The largest absolute Gasteiger partial charge is 0.329 e. The number of rotatable bonds is 3. The van der Waals surface area contributed by atoms with E-state index in [1.165, 1.54) is 10.6 Å². The maximum Gasteiger partial charge on any atom is 0.274 e. The van der Waals surface area contributed by atoms with Gasteiger partial charge in [0.2, 0.25) is 0 Å². The van der Waals surface area contributed by atoms with Gasteiger partial charge in [-0.2, -0.15) is 9.50 Å². The lowest BCUT2D eigenvalue weighted by molar-refractivity contribution is 0.598. The lowest BCUT2D eigenvalue weighted by atomic mass is 10.4. The third-order valence-corrected chi connectivity index (χ3v) is 2.60. The van der Waals surface area contributed by atoms with Crippen LogP contribution in [0.3, 0.4) is 0 Å². The van der Waals surface area contributed by atoms with E-state index < -0.39 is 0 Å². The minimum atomic E-state index is -0.212. The number of H-pyrrole nitrogens is 1. The van der Waals surface area contributed by atoms with Crippen LogP contribution in [-0.2, 0) is 6.54 Å². The van der Waals surface area contributed by atoms with Gasteiger partial charge in [0.25, 0.3) is 11.3 Å². The van der Waals surface area contributed by atoms with E-state index in [2.05, 4.69) is 25.4 Å². The zero-order chi connectivity index (χ0) is 13.4. The second kappa shape index (κ2) is 4.28. The Balaban J connectivity index is 2.09. The standard InChI is InChI=1S/C10H12N8O/c1-6-4-8(19)18-10(12-6)13-9(15-18)7-5-17(3-2-11)16-14-7/h4-5H,2-3,11H2,1H3,(H,12,13,15). The van der Waals surface area contributed by atoms with Crippen molar-refractivity contribution in [2.45, 2.75) is 13.5 Å². The molecule has 0 radical (unpaired) electrons. The van der Waals surface area contributed by atoms with Gasteiger partial charge in [-0.25, -0.2) is 4.98 Å². The van der Waals surface area contributed by atoms with E-state index >= 15 is 0 Å². The monoisotopic (exact) mass is 260 g/mol. The smallest absolute Gasteiger partial charge is 0.274 e. The molecule has 3 aromatic heterocycles. The summed E-state index contributed by atoms with van der Waals surface area (Å²) in [5.41, 5.74) is 6.38. The number of aryl methyl sites for hydroxylation is 1. The summed E-state index contributed by atoms with van der Waals surface area (Å²) in [7, 11) is 0. The highest BCUT2D eigenvalue weighted by atomic mass is 16.1. The van der Waals surface area contributed by atoms with Gasteiger partial charge in [-0.1, -0.05) is 5.21 Å². The maximum absolute atomic E-state index is 11.7. The molecule has 0 atom stereocenters. The molecule has 3 rings (SSSR count). The van der Waals surface area contributed by atoms with Crippen molar-refractivity contribution in [1.82, 2.24) is 34.6 Å². The maximum atomic E-state index is 11.7. The molecule has 0 amide bonds. The molecular weight excluding hydrogens is 248 g/mol. The third-order valence-electron chi connectivity index (χ3n) is 2.60. The molecule has 0 spiro atoms. The highest BCUT2D eigenvalue weighted by Gasteiger charge is 2.11. The van der Waals surface area contributed by atoms with Crippen LogP contribution < -0.4 is 11.3 Å². The minimum Gasteiger partial charge on any atom is -0.329 e.